The Morgan fingerprint density at radius 3 is 2.46 bits per heavy atom. The van der Waals surface area contributed by atoms with Crippen molar-refractivity contribution in [3.05, 3.63) is 70.7 Å². The number of carbonyl (C=O) groups excluding carboxylic acids is 4. The molecule has 4 heterocycles. The van der Waals surface area contributed by atoms with Gasteiger partial charge in [-0.25, -0.2) is 14.2 Å². The molecule has 2 saturated heterocycles. The van der Waals surface area contributed by atoms with E-state index in [2.05, 4.69) is 16.4 Å². The highest BCUT2D eigenvalue weighted by Gasteiger charge is 2.43. The fourth-order valence-corrected chi connectivity index (χ4v) is 5.71. The minimum absolute atomic E-state index is 0.0238. The van der Waals surface area contributed by atoms with Crippen LogP contribution in [0.25, 0.3) is 10.9 Å². The quantitative estimate of drug-likeness (QED) is 0.552. The third-order valence-electron chi connectivity index (χ3n) is 7.62. The molecule has 1 N–H and O–H groups in total. The molecule has 2 fully saturated rings. The smallest absolute Gasteiger partial charge is 0.343 e. The lowest BCUT2D eigenvalue weighted by Crippen LogP contribution is -2.58. The SMILES string of the molecule is Cn1cc(C2CCN(Cc3ccc4c(c3)C(=O)N(N3CCC(=O)NC3=O)C4=O)CC2)c2ccc(F)cc21. The first-order chi connectivity index (χ1) is 17.8. The summed E-state index contributed by atoms with van der Waals surface area (Å²) in [5.74, 6) is -1.40. The lowest BCUT2D eigenvalue weighted by Gasteiger charge is -2.32. The molecule has 9 nitrogen and oxygen atoms in total. The number of hydrogen-bond acceptors (Lipinski definition) is 5. The van der Waals surface area contributed by atoms with Crippen molar-refractivity contribution >= 4 is 34.7 Å². The summed E-state index contributed by atoms with van der Waals surface area (Å²) in [6.45, 7) is 2.37. The maximum Gasteiger partial charge on any atom is 0.343 e. The first-order valence-corrected chi connectivity index (χ1v) is 12.4. The normalized spacial score (nSPS) is 19.2. The number of aromatic nitrogens is 1. The third kappa shape index (κ3) is 3.97. The Balaban J connectivity index is 1.14. The van der Waals surface area contributed by atoms with E-state index >= 15 is 0 Å². The molecule has 0 radical (unpaired) electrons. The van der Waals surface area contributed by atoms with Gasteiger partial charge in [-0.1, -0.05) is 6.07 Å². The predicted molar refractivity (Wildman–Crippen MR) is 132 cm³/mol. The number of aryl methyl sites for hydroxylation is 1. The van der Waals surface area contributed by atoms with Crippen molar-refractivity contribution < 1.29 is 23.6 Å². The molecule has 3 aliphatic rings. The number of nitrogens with zero attached hydrogens (tertiary/aromatic N) is 4. The van der Waals surface area contributed by atoms with Crippen LogP contribution in [-0.4, -0.2) is 62.9 Å². The summed E-state index contributed by atoms with van der Waals surface area (Å²) < 4.78 is 15.7. The number of piperidine rings is 1. The Bertz CT molecular complexity index is 1470. The number of carbonyl (C=O) groups is 4. The molecule has 6 rings (SSSR count). The fraction of sp³-hybridized carbons (Fsp3) is 0.333. The van der Waals surface area contributed by atoms with E-state index in [1.165, 1.54) is 11.6 Å². The van der Waals surface area contributed by atoms with Gasteiger partial charge in [0.25, 0.3) is 11.8 Å². The molecular formula is C27H26FN5O4. The minimum Gasteiger partial charge on any atom is -0.350 e. The molecule has 0 bridgehead atoms. The molecule has 0 aliphatic carbocycles. The second-order valence-electron chi connectivity index (χ2n) is 9.94. The van der Waals surface area contributed by atoms with Gasteiger partial charge in [-0.2, -0.15) is 5.01 Å². The molecule has 190 valence electrons. The zero-order valence-corrected chi connectivity index (χ0v) is 20.4. The molecule has 0 atom stereocenters. The van der Waals surface area contributed by atoms with E-state index in [0.29, 0.717) is 12.5 Å². The van der Waals surface area contributed by atoms with E-state index in [0.717, 1.165) is 52.4 Å². The van der Waals surface area contributed by atoms with E-state index in [4.69, 9.17) is 0 Å². The van der Waals surface area contributed by atoms with Crippen LogP contribution < -0.4 is 5.32 Å². The van der Waals surface area contributed by atoms with Crippen LogP contribution in [0.2, 0.25) is 0 Å². The van der Waals surface area contributed by atoms with Crippen molar-refractivity contribution in [1.29, 1.82) is 0 Å². The molecule has 2 aromatic carbocycles. The van der Waals surface area contributed by atoms with Gasteiger partial charge in [-0.05, 0) is 73.3 Å². The maximum absolute atomic E-state index is 13.7. The van der Waals surface area contributed by atoms with Crippen molar-refractivity contribution in [3.63, 3.8) is 0 Å². The number of hydrazine groups is 1. The monoisotopic (exact) mass is 503 g/mol. The number of nitrogens with one attached hydrogen (secondary N) is 1. The van der Waals surface area contributed by atoms with E-state index in [1.54, 1.807) is 18.2 Å². The summed E-state index contributed by atoms with van der Waals surface area (Å²) in [5.41, 5.74) is 3.59. The van der Waals surface area contributed by atoms with Crippen LogP contribution in [0.1, 0.15) is 57.0 Å². The van der Waals surface area contributed by atoms with Crippen LogP contribution in [0, 0.1) is 5.82 Å². The predicted octanol–water partition coefficient (Wildman–Crippen LogP) is 3.15. The van der Waals surface area contributed by atoms with Crippen LogP contribution >= 0.6 is 0 Å². The van der Waals surface area contributed by atoms with Gasteiger partial charge in [-0.15, -0.1) is 0 Å². The average molecular weight is 504 g/mol. The number of benzene rings is 2. The summed E-state index contributed by atoms with van der Waals surface area (Å²) >= 11 is 0. The minimum atomic E-state index is -0.773. The second kappa shape index (κ2) is 8.81. The Kier molecular flexibility index (Phi) is 5.56. The highest BCUT2D eigenvalue weighted by molar-refractivity contribution is 6.22. The molecule has 0 saturated carbocycles. The van der Waals surface area contributed by atoms with E-state index in [-0.39, 0.29) is 29.9 Å². The number of likely N-dealkylation sites (tertiary alicyclic amines) is 1. The van der Waals surface area contributed by atoms with E-state index in [9.17, 15) is 23.6 Å². The van der Waals surface area contributed by atoms with Crippen LogP contribution in [0.5, 0.6) is 0 Å². The lowest BCUT2D eigenvalue weighted by atomic mass is 9.89. The number of hydrogen-bond donors (Lipinski definition) is 1. The van der Waals surface area contributed by atoms with Crippen LogP contribution in [0.15, 0.2) is 42.6 Å². The lowest BCUT2D eigenvalue weighted by molar-refractivity contribution is -0.122. The topological polar surface area (TPSA) is 95.0 Å². The van der Waals surface area contributed by atoms with Gasteiger partial charge in [0, 0.05) is 31.6 Å². The van der Waals surface area contributed by atoms with Crippen molar-refractivity contribution in [2.24, 2.45) is 7.05 Å². The first kappa shape index (κ1) is 23.4. The van der Waals surface area contributed by atoms with Crippen LogP contribution in [0.3, 0.4) is 0 Å². The van der Waals surface area contributed by atoms with Crippen molar-refractivity contribution in [1.82, 2.24) is 24.8 Å². The summed E-state index contributed by atoms with van der Waals surface area (Å²) in [4.78, 5) is 51.9. The zero-order valence-electron chi connectivity index (χ0n) is 20.4. The summed E-state index contributed by atoms with van der Waals surface area (Å²) in [7, 11) is 1.94. The summed E-state index contributed by atoms with van der Waals surface area (Å²) in [6, 6.07) is 9.40. The van der Waals surface area contributed by atoms with Gasteiger partial charge in [-0.3, -0.25) is 24.6 Å². The van der Waals surface area contributed by atoms with Gasteiger partial charge >= 0.3 is 6.03 Å². The van der Waals surface area contributed by atoms with Crippen molar-refractivity contribution in [2.45, 2.75) is 31.7 Å². The largest absolute Gasteiger partial charge is 0.350 e. The highest BCUT2D eigenvalue weighted by Crippen LogP contribution is 2.35. The van der Waals surface area contributed by atoms with Gasteiger partial charge in [0.15, 0.2) is 0 Å². The Morgan fingerprint density at radius 1 is 0.946 bits per heavy atom. The Labute approximate surface area is 212 Å². The summed E-state index contributed by atoms with van der Waals surface area (Å²) in [5, 5.41) is 5.07. The number of imide groups is 2. The maximum atomic E-state index is 13.7. The number of rotatable bonds is 4. The van der Waals surface area contributed by atoms with Crippen molar-refractivity contribution in [2.75, 3.05) is 19.6 Å². The van der Waals surface area contributed by atoms with Crippen molar-refractivity contribution in [3.8, 4) is 0 Å². The molecule has 0 spiro atoms. The van der Waals surface area contributed by atoms with Crippen LogP contribution in [-0.2, 0) is 18.4 Å². The van der Waals surface area contributed by atoms with E-state index < -0.39 is 23.8 Å². The molecule has 0 unspecified atom stereocenters. The zero-order chi connectivity index (χ0) is 25.8. The molecule has 10 heteroatoms. The number of halogens is 1. The molecule has 5 amide bonds. The number of amides is 5. The molecule has 1 aromatic heterocycles. The molecule has 37 heavy (non-hydrogen) atoms. The Morgan fingerprint density at radius 2 is 1.70 bits per heavy atom. The van der Waals surface area contributed by atoms with Gasteiger partial charge in [0.1, 0.15) is 5.82 Å². The number of urea groups is 1. The van der Waals surface area contributed by atoms with E-state index in [1.807, 2.05) is 23.7 Å². The standard InChI is InChI=1S/C27H26FN5O4/c1-30-15-22(19-5-3-18(28)13-23(19)30)17-6-9-31(10-7-17)14-16-2-4-20-21(12-16)26(36)33(25(20)35)32-11-8-24(34)29-27(32)37/h2-5,12-13,15,17H,6-11,14H2,1H3,(H,29,34,37). The summed E-state index contributed by atoms with van der Waals surface area (Å²) in [6.07, 6.45) is 4.07. The fourth-order valence-electron chi connectivity index (χ4n) is 5.71. The van der Waals surface area contributed by atoms with Gasteiger partial charge < -0.3 is 4.57 Å². The molecular weight excluding hydrogens is 477 g/mol. The van der Waals surface area contributed by atoms with Gasteiger partial charge in [0.2, 0.25) is 5.91 Å². The second-order valence-corrected chi connectivity index (χ2v) is 9.94. The highest BCUT2D eigenvalue weighted by atomic mass is 19.1. The third-order valence-corrected chi connectivity index (χ3v) is 7.62. The molecule has 3 aliphatic heterocycles. The van der Waals surface area contributed by atoms with Crippen LogP contribution in [0.4, 0.5) is 9.18 Å². The first-order valence-electron chi connectivity index (χ1n) is 12.4. The Hall–Kier alpha value is -4.05. The number of fused-ring (bicyclic) bond motifs is 2. The van der Waals surface area contributed by atoms with Gasteiger partial charge in [0.05, 0.1) is 23.2 Å². The average Bonchev–Trinajstić information content (AvgIpc) is 3.33. The molecule has 3 aromatic rings.